The summed E-state index contributed by atoms with van der Waals surface area (Å²) in [4.78, 5) is 6.36. The Morgan fingerprint density at radius 3 is 2.61 bits per heavy atom. The molecule has 0 N–H and O–H groups in total. The first-order valence-electron chi connectivity index (χ1n) is 7.57. The maximum absolute atomic E-state index is 9.41. The van der Waals surface area contributed by atoms with Crippen LogP contribution < -0.4 is 9.64 Å². The maximum atomic E-state index is 9.41. The van der Waals surface area contributed by atoms with E-state index < -0.39 is 0 Å². The lowest BCUT2D eigenvalue weighted by molar-refractivity contribution is -0.00638. The summed E-state index contributed by atoms with van der Waals surface area (Å²) in [6, 6.07) is 9.58. The molecule has 1 aromatic heterocycles. The average Bonchev–Trinajstić information content (AvgIpc) is 2.98. The molecule has 1 aromatic carbocycles. The van der Waals surface area contributed by atoms with Crippen LogP contribution in [0, 0.1) is 11.3 Å². The van der Waals surface area contributed by atoms with E-state index in [9.17, 15) is 5.26 Å². The number of aromatic nitrogens is 1. The van der Waals surface area contributed by atoms with E-state index in [1.165, 1.54) is 0 Å². The van der Waals surface area contributed by atoms with Crippen LogP contribution in [0.3, 0.4) is 0 Å². The Labute approximate surface area is 135 Å². The van der Waals surface area contributed by atoms with E-state index in [2.05, 4.69) is 11.1 Å². The van der Waals surface area contributed by atoms with Crippen LogP contribution in [0.1, 0.15) is 19.5 Å². The van der Waals surface area contributed by atoms with Gasteiger partial charge in [0.05, 0.1) is 24.9 Å². The van der Waals surface area contributed by atoms with Gasteiger partial charge in [-0.25, -0.2) is 0 Å². The highest BCUT2D eigenvalue weighted by molar-refractivity contribution is 5.65. The quantitative estimate of drug-likeness (QED) is 0.867. The summed E-state index contributed by atoms with van der Waals surface area (Å²) in [6.07, 6.45) is 0.148. The molecule has 0 bridgehead atoms. The Bertz CT molecular complexity index is 725. The zero-order valence-corrected chi connectivity index (χ0v) is 13.4. The van der Waals surface area contributed by atoms with E-state index in [4.69, 9.17) is 13.9 Å². The summed E-state index contributed by atoms with van der Waals surface area (Å²) in [7, 11) is 1.60. The third-order valence-electron chi connectivity index (χ3n) is 3.76. The Hall–Kier alpha value is -2.52. The van der Waals surface area contributed by atoms with Crippen molar-refractivity contribution in [2.24, 2.45) is 0 Å². The van der Waals surface area contributed by atoms with Gasteiger partial charge < -0.3 is 18.8 Å². The van der Waals surface area contributed by atoms with Crippen LogP contribution in [0.2, 0.25) is 0 Å². The minimum atomic E-state index is 0.0742. The molecule has 0 radical (unpaired) electrons. The van der Waals surface area contributed by atoms with Crippen LogP contribution in [-0.4, -0.2) is 37.4 Å². The monoisotopic (exact) mass is 313 g/mol. The van der Waals surface area contributed by atoms with Gasteiger partial charge in [0.1, 0.15) is 11.8 Å². The maximum Gasteiger partial charge on any atom is 0.235 e. The topological polar surface area (TPSA) is 71.5 Å². The normalized spacial score (nSPS) is 21.0. The molecule has 1 fully saturated rings. The molecular weight excluding hydrogens is 294 g/mol. The van der Waals surface area contributed by atoms with Crippen LogP contribution >= 0.6 is 0 Å². The van der Waals surface area contributed by atoms with Crippen molar-refractivity contribution in [3.8, 4) is 23.3 Å². The first kappa shape index (κ1) is 15.4. The van der Waals surface area contributed by atoms with E-state index in [1.807, 2.05) is 43.0 Å². The fourth-order valence-corrected chi connectivity index (χ4v) is 2.88. The standard InChI is InChI=1S/C17H19N3O3/c1-11-9-20(10-12(2)22-11)17-14(8-18)19-16(23-17)13-6-4-5-7-15(13)21-3/h4-7,11-12H,9-10H2,1-3H3. The summed E-state index contributed by atoms with van der Waals surface area (Å²) < 4.78 is 17.0. The summed E-state index contributed by atoms with van der Waals surface area (Å²) >= 11 is 0. The third kappa shape index (κ3) is 3.01. The number of hydrogen-bond donors (Lipinski definition) is 0. The Morgan fingerprint density at radius 1 is 1.26 bits per heavy atom. The number of rotatable bonds is 3. The van der Waals surface area contributed by atoms with Gasteiger partial charge in [0.15, 0.2) is 0 Å². The van der Waals surface area contributed by atoms with E-state index >= 15 is 0 Å². The van der Waals surface area contributed by atoms with Gasteiger partial charge in [0, 0.05) is 13.1 Å². The number of hydrogen-bond acceptors (Lipinski definition) is 6. The van der Waals surface area contributed by atoms with Crippen molar-refractivity contribution < 1.29 is 13.9 Å². The second-order valence-electron chi connectivity index (χ2n) is 5.65. The zero-order valence-electron chi connectivity index (χ0n) is 13.4. The van der Waals surface area contributed by atoms with Crippen molar-refractivity contribution >= 4 is 5.88 Å². The lowest BCUT2D eigenvalue weighted by Gasteiger charge is -2.34. The third-order valence-corrected chi connectivity index (χ3v) is 3.76. The zero-order chi connectivity index (χ0) is 16.4. The van der Waals surface area contributed by atoms with E-state index in [0.29, 0.717) is 30.6 Å². The van der Waals surface area contributed by atoms with Crippen molar-refractivity contribution in [2.75, 3.05) is 25.1 Å². The fraction of sp³-hybridized carbons (Fsp3) is 0.412. The van der Waals surface area contributed by atoms with Gasteiger partial charge in [-0.3, -0.25) is 0 Å². The highest BCUT2D eigenvalue weighted by Gasteiger charge is 2.28. The number of methoxy groups -OCH3 is 1. The van der Waals surface area contributed by atoms with Gasteiger partial charge in [-0.1, -0.05) is 12.1 Å². The summed E-state index contributed by atoms with van der Waals surface area (Å²) in [5.41, 5.74) is 1.01. The van der Waals surface area contributed by atoms with Crippen LogP contribution in [0.4, 0.5) is 5.88 Å². The molecule has 1 aliphatic heterocycles. The van der Waals surface area contributed by atoms with Crippen LogP contribution in [0.25, 0.3) is 11.5 Å². The van der Waals surface area contributed by atoms with Gasteiger partial charge >= 0.3 is 0 Å². The number of nitrogens with zero attached hydrogens (tertiary/aromatic N) is 3. The molecule has 120 valence electrons. The van der Waals surface area contributed by atoms with Crippen molar-refractivity contribution in [1.29, 1.82) is 5.26 Å². The number of nitriles is 1. The highest BCUT2D eigenvalue weighted by Crippen LogP contribution is 2.34. The van der Waals surface area contributed by atoms with Crippen LogP contribution in [-0.2, 0) is 4.74 Å². The molecule has 2 atom stereocenters. The molecule has 0 aliphatic carbocycles. The molecule has 2 heterocycles. The Balaban J connectivity index is 2.00. The number of benzene rings is 1. The number of para-hydroxylation sites is 1. The van der Waals surface area contributed by atoms with Gasteiger partial charge in [0.2, 0.25) is 17.5 Å². The minimum Gasteiger partial charge on any atom is -0.496 e. The smallest absolute Gasteiger partial charge is 0.235 e. The van der Waals surface area contributed by atoms with Crippen LogP contribution in [0.15, 0.2) is 28.7 Å². The number of oxazole rings is 1. The molecule has 2 unspecified atom stereocenters. The molecule has 1 saturated heterocycles. The lowest BCUT2D eigenvalue weighted by Crippen LogP contribution is -2.45. The second-order valence-corrected chi connectivity index (χ2v) is 5.65. The van der Waals surface area contributed by atoms with Gasteiger partial charge in [-0.15, -0.1) is 0 Å². The number of morpholine rings is 1. The molecule has 23 heavy (non-hydrogen) atoms. The largest absolute Gasteiger partial charge is 0.496 e. The molecule has 2 aromatic rings. The SMILES string of the molecule is COc1ccccc1-c1nc(C#N)c(N2CC(C)OC(C)C2)o1. The Kier molecular flexibility index (Phi) is 4.22. The first-order chi connectivity index (χ1) is 11.1. The van der Waals surface area contributed by atoms with Crippen molar-refractivity contribution in [1.82, 2.24) is 4.98 Å². The lowest BCUT2D eigenvalue weighted by atomic mass is 10.2. The molecule has 1 aliphatic rings. The summed E-state index contributed by atoms with van der Waals surface area (Å²) in [5.74, 6) is 1.55. The second kappa shape index (κ2) is 6.31. The molecular formula is C17H19N3O3. The summed E-state index contributed by atoms with van der Waals surface area (Å²) in [6.45, 7) is 5.34. The van der Waals surface area contributed by atoms with Gasteiger partial charge in [-0.05, 0) is 26.0 Å². The van der Waals surface area contributed by atoms with E-state index in [0.717, 1.165) is 5.56 Å². The first-order valence-corrected chi connectivity index (χ1v) is 7.57. The van der Waals surface area contributed by atoms with E-state index in [-0.39, 0.29) is 17.9 Å². The molecule has 0 amide bonds. The van der Waals surface area contributed by atoms with E-state index in [1.54, 1.807) is 7.11 Å². The van der Waals surface area contributed by atoms with Crippen LogP contribution in [0.5, 0.6) is 5.75 Å². The molecule has 3 rings (SSSR count). The van der Waals surface area contributed by atoms with Crippen molar-refractivity contribution in [3.63, 3.8) is 0 Å². The molecule has 6 nitrogen and oxygen atoms in total. The van der Waals surface area contributed by atoms with Gasteiger partial charge in [0.25, 0.3) is 0 Å². The predicted octanol–water partition coefficient (Wildman–Crippen LogP) is 2.84. The highest BCUT2D eigenvalue weighted by atomic mass is 16.5. The Morgan fingerprint density at radius 2 is 1.96 bits per heavy atom. The number of anilines is 1. The van der Waals surface area contributed by atoms with Crippen molar-refractivity contribution in [3.05, 3.63) is 30.0 Å². The predicted molar refractivity (Wildman–Crippen MR) is 85.4 cm³/mol. The van der Waals surface area contributed by atoms with Gasteiger partial charge in [-0.2, -0.15) is 10.2 Å². The molecule has 6 heteroatoms. The fourth-order valence-electron chi connectivity index (χ4n) is 2.88. The molecule has 0 saturated carbocycles. The molecule has 0 spiro atoms. The number of ether oxygens (including phenoxy) is 2. The average molecular weight is 313 g/mol. The minimum absolute atomic E-state index is 0.0742. The van der Waals surface area contributed by atoms with Crippen molar-refractivity contribution in [2.45, 2.75) is 26.1 Å². The summed E-state index contributed by atoms with van der Waals surface area (Å²) in [5, 5.41) is 9.41.